The van der Waals surface area contributed by atoms with Gasteiger partial charge in [-0.2, -0.15) is 11.8 Å². The van der Waals surface area contributed by atoms with E-state index >= 15 is 0 Å². The van der Waals surface area contributed by atoms with E-state index in [1.54, 1.807) is 20.1 Å². The topological polar surface area (TPSA) is 122 Å². The minimum Gasteiger partial charge on any atom is -0.534 e. The summed E-state index contributed by atoms with van der Waals surface area (Å²) in [5.41, 5.74) is -2.29. The van der Waals surface area contributed by atoms with Crippen LogP contribution in [0.1, 0.15) is 29.8 Å². The molecule has 0 fully saturated rings. The SMILES string of the molecule is CSCC(=O)N[C@@]1(COC(=O)C(C)C)Cc2cc(Cl)c(F)c(C(=O)O)c2OB1O. The fourth-order valence-corrected chi connectivity index (χ4v) is 3.41. The van der Waals surface area contributed by atoms with Gasteiger partial charge in [-0.15, -0.1) is 0 Å². The first kappa shape index (κ1) is 23.3. The third-order valence-corrected chi connectivity index (χ3v) is 5.10. The second kappa shape index (κ2) is 9.23. The Bertz CT molecular complexity index is 840. The molecule has 0 radical (unpaired) electrons. The molecule has 1 amide bonds. The average molecular weight is 448 g/mol. The van der Waals surface area contributed by atoms with Crippen molar-refractivity contribution in [3.63, 3.8) is 0 Å². The molecular weight excluding hydrogens is 428 g/mol. The van der Waals surface area contributed by atoms with Gasteiger partial charge in [0, 0.05) is 6.42 Å². The van der Waals surface area contributed by atoms with Gasteiger partial charge in [0.15, 0.2) is 5.82 Å². The molecule has 158 valence electrons. The van der Waals surface area contributed by atoms with E-state index < -0.39 is 65.1 Å². The Morgan fingerprint density at radius 3 is 2.69 bits per heavy atom. The number of aromatic carboxylic acids is 1. The van der Waals surface area contributed by atoms with Crippen LogP contribution in [0.4, 0.5) is 4.39 Å². The highest BCUT2D eigenvalue weighted by molar-refractivity contribution is 7.99. The molecule has 0 bridgehead atoms. The number of carboxylic acids is 1. The third kappa shape index (κ3) is 4.96. The summed E-state index contributed by atoms with van der Waals surface area (Å²) in [5, 5.41) is 22.1. The smallest absolute Gasteiger partial charge is 0.534 e. The summed E-state index contributed by atoms with van der Waals surface area (Å²) in [6.07, 6.45) is 1.51. The van der Waals surface area contributed by atoms with Crippen molar-refractivity contribution >= 4 is 48.3 Å². The second-order valence-electron chi connectivity index (χ2n) is 6.89. The van der Waals surface area contributed by atoms with Crippen LogP contribution in [0, 0.1) is 11.7 Å². The third-order valence-electron chi connectivity index (χ3n) is 4.28. The van der Waals surface area contributed by atoms with E-state index in [0.29, 0.717) is 0 Å². The second-order valence-corrected chi connectivity index (χ2v) is 8.16. The lowest BCUT2D eigenvalue weighted by Gasteiger charge is -2.39. The maximum Gasteiger partial charge on any atom is 0.554 e. The Morgan fingerprint density at radius 2 is 2.14 bits per heavy atom. The van der Waals surface area contributed by atoms with Crippen molar-refractivity contribution in [1.82, 2.24) is 5.32 Å². The molecule has 1 aromatic carbocycles. The van der Waals surface area contributed by atoms with Crippen molar-refractivity contribution in [2.24, 2.45) is 5.92 Å². The van der Waals surface area contributed by atoms with Crippen molar-refractivity contribution in [2.75, 3.05) is 18.6 Å². The highest BCUT2D eigenvalue weighted by Crippen LogP contribution is 2.38. The molecule has 29 heavy (non-hydrogen) atoms. The first-order valence-corrected chi connectivity index (χ1v) is 10.3. The molecule has 1 atom stereocenters. The minimum atomic E-state index is -1.81. The van der Waals surface area contributed by atoms with Crippen molar-refractivity contribution in [1.29, 1.82) is 0 Å². The molecule has 2 rings (SSSR count). The van der Waals surface area contributed by atoms with Crippen LogP contribution in [0.3, 0.4) is 0 Å². The number of rotatable bonds is 7. The van der Waals surface area contributed by atoms with Crippen LogP contribution in [-0.4, -0.2) is 59.1 Å². The fourth-order valence-electron chi connectivity index (χ4n) is 2.85. The molecule has 1 aromatic rings. The Hall–Kier alpha value is -1.98. The van der Waals surface area contributed by atoms with Crippen LogP contribution in [0.15, 0.2) is 6.07 Å². The van der Waals surface area contributed by atoms with E-state index in [9.17, 15) is 28.9 Å². The molecular formula is C17H20BClFNO7S. The predicted octanol–water partition coefficient (Wildman–Crippen LogP) is 1.55. The maximum atomic E-state index is 14.2. The summed E-state index contributed by atoms with van der Waals surface area (Å²) in [7, 11) is -1.81. The van der Waals surface area contributed by atoms with Gasteiger partial charge in [-0.1, -0.05) is 25.4 Å². The lowest BCUT2D eigenvalue weighted by Crippen LogP contribution is -2.68. The zero-order valence-electron chi connectivity index (χ0n) is 16.0. The van der Waals surface area contributed by atoms with Gasteiger partial charge in [-0.05, 0) is 17.9 Å². The summed E-state index contributed by atoms with van der Waals surface area (Å²) in [6.45, 7) is 2.79. The zero-order chi connectivity index (χ0) is 21.9. The standard InChI is InChI=1S/C17H20BClFNO7S/c1-8(2)16(25)27-7-17(21-11(22)6-29-3)5-9-4-10(19)13(20)12(15(23)24)14(9)28-18(17)26/h4,8,26H,5-7H2,1-3H3,(H,21,22)(H,23,24)/t17-/m1/s1. The molecule has 0 unspecified atom stereocenters. The molecule has 0 aromatic heterocycles. The number of hydrogen-bond donors (Lipinski definition) is 3. The number of halogens is 2. The molecule has 0 aliphatic carbocycles. The minimum absolute atomic E-state index is 0.0595. The lowest BCUT2D eigenvalue weighted by molar-refractivity contribution is -0.149. The molecule has 0 saturated heterocycles. The summed E-state index contributed by atoms with van der Waals surface area (Å²) >= 11 is 7.05. The van der Waals surface area contributed by atoms with Gasteiger partial charge in [-0.25, -0.2) is 9.18 Å². The Labute approximate surface area is 176 Å². The van der Waals surface area contributed by atoms with Gasteiger partial charge in [-0.3, -0.25) is 9.59 Å². The van der Waals surface area contributed by atoms with Crippen LogP contribution in [-0.2, 0) is 20.7 Å². The van der Waals surface area contributed by atoms with Crippen molar-refractivity contribution in [2.45, 2.75) is 25.7 Å². The van der Waals surface area contributed by atoms with E-state index in [2.05, 4.69) is 5.32 Å². The number of esters is 1. The van der Waals surface area contributed by atoms with Crippen LogP contribution in [0.2, 0.25) is 5.02 Å². The quantitative estimate of drug-likeness (QED) is 0.425. The molecule has 1 aliphatic rings. The number of benzene rings is 1. The van der Waals surface area contributed by atoms with Crippen molar-refractivity contribution < 1.29 is 38.3 Å². The summed E-state index contributed by atoms with van der Waals surface area (Å²) in [6, 6.07) is 1.16. The van der Waals surface area contributed by atoms with E-state index in [0.717, 1.165) is 6.07 Å². The summed E-state index contributed by atoms with van der Waals surface area (Å²) in [5.74, 6) is -4.64. The number of fused-ring (bicyclic) bond motifs is 1. The Morgan fingerprint density at radius 1 is 1.48 bits per heavy atom. The maximum absolute atomic E-state index is 14.2. The molecule has 1 aliphatic heterocycles. The number of thioether (sulfide) groups is 1. The molecule has 12 heteroatoms. The monoisotopic (exact) mass is 447 g/mol. The number of amides is 1. The van der Waals surface area contributed by atoms with Gasteiger partial charge in [0.05, 0.1) is 16.7 Å². The molecule has 0 saturated carbocycles. The zero-order valence-corrected chi connectivity index (χ0v) is 17.5. The first-order valence-electron chi connectivity index (χ1n) is 8.58. The van der Waals surface area contributed by atoms with Crippen LogP contribution in [0.25, 0.3) is 0 Å². The predicted molar refractivity (Wildman–Crippen MR) is 106 cm³/mol. The largest absolute Gasteiger partial charge is 0.554 e. The Balaban J connectivity index is 2.49. The van der Waals surface area contributed by atoms with E-state index in [1.165, 1.54) is 11.8 Å². The van der Waals surface area contributed by atoms with Gasteiger partial charge in [0.25, 0.3) is 0 Å². The highest BCUT2D eigenvalue weighted by atomic mass is 35.5. The number of hydrogen-bond acceptors (Lipinski definition) is 7. The average Bonchev–Trinajstić information content (AvgIpc) is 2.62. The van der Waals surface area contributed by atoms with Gasteiger partial charge < -0.3 is 24.8 Å². The molecule has 1 heterocycles. The van der Waals surface area contributed by atoms with Gasteiger partial charge in [0.2, 0.25) is 5.91 Å². The number of carboxylic acid groups (broad SMARTS) is 1. The molecule has 8 nitrogen and oxygen atoms in total. The van der Waals surface area contributed by atoms with E-state index in [1.807, 2.05) is 0 Å². The first-order chi connectivity index (χ1) is 13.5. The number of carbonyl (C=O) groups is 3. The van der Waals surface area contributed by atoms with Crippen LogP contribution in [0.5, 0.6) is 5.75 Å². The normalized spacial score (nSPS) is 18.1. The van der Waals surface area contributed by atoms with Crippen molar-refractivity contribution in [3.05, 3.63) is 28.0 Å². The van der Waals surface area contributed by atoms with Crippen LogP contribution < -0.4 is 9.97 Å². The van der Waals surface area contributed by atoms with Crippen molar-refractivity contribution in [3.8, 4) is 5.75 Å². The lowest BCUT2D eigenvalue weighted by atomic mass is 9.59. The Kier molecular flexibility index (Phi) is 7.42. The number of ether oxygens (including phenoxy) is 1. The fraction of sp³-hybridized carbons (Fsp3) is 0.471. The summed E-state index contributed by atoms with van der Waals surface area (Å²) in [4.78, 5) is 35.6. The van der Waals surface area contributed by atoms with Gasteiger partial charge >= 0.3 is 19.1 Å². The van der Waals surface area contributed by atoms with E-state index in [4.69, 9.17) is 21.0 Å². The number of nitrogens with one attached hydrogen (secondary N) is 1. The van der Waals surface area contributed by atoms with Gasteiger partial charge in [0.1, 0.15) is 23.4 Å². The van der Waals surface area contributed by atoms with Crippen LogP contribution >= 0.6 is 23.4 Å². The summed E-state index contributed by atoms with van der Waals surface area (Å²) < 4.78 is 24.7. The highest BCUT2D eigenvalue weighted by Gasteiger charge is 2.53. The number of carbonyl (C=O) groups excluding carboxylic acids is 2. The van der Waals surface area contributed by atoms with E-state index in [-0.39, 0.29) is 17.7 Å². The molecule has 0 spiro atoms. The molecule has 3 N–H and O–H groups in total.